The molecule has 18 heavy (non-hydrogen) atoms. The molecule has 0 saturated carbocycles. The number of rotatable bonds is 6. The van der Waals surface area contributed by atoms with E-state index in [0.29, 0.717) is 6.54 Å². The number of nitrogens with zero attached hydrogens (tertiary/aromatic N) is 1. The van der Waals surface area contributed by atoms with Crippen LogP contribution in [0.5, 0.6) is 0 Å². The van der Waals surface area contributed by atoms with Crippen LogP contribution in [0.1, 0.15) is 12.5 Å². The van der Waals surface area contributed by atoms with Gasteiger partial charge < -0.3 is 10.4 Å². The molecule has 0 aliphatic heterocycles. The summed E-state index contributed by atoms with van der Waals surface area (Å²) in [6, 6.07) is 6.29. The second-order valence-electron chi connectivity index (χ2n) is 4.23. The fraction of sp³-hybridized carbons (Fsp3) is 0.500. The molecule has 6 heteroatoms. The fourth-order valence-corrected chi connectivity index (χ4v) is 2.85. The van der Waals surface area contributed by atoms with Crippen LogP contribution in [0, 0.1) is 0 Å². The lowest BCUT2D eigenvalue weighted by atomic mass is 10.2. The smallest absolute Gasteiger partial charge is 0.243 e. The molecule has 0 spiro atoms. The van der Waals surface area contributed by atoms with Gasteiger partial charge in [-0.15, -0.1) is 0 Å². The molecule has 0 saturated heterocycles. The molecule has 1 unspecified atom stereocenters. The van der Waals surface area contributed by atoms with E-state index in [1.165, 1.54) is 11.4 Å². The van der Waals surface area contributed by atoms with Gasteiger partial charge in [0.15, 0.2) is 0 Å². The van der Waals surface area contributed by atoms with Gasteiger partial charge in [0.25, 0.3) is 0 Å². The lowest BCUT2D eigenvalue weighted by molar-refractivity contribution is 0.214. The Morgan fingerprint density at radius 2 is 1.89 bits per heavy atom. The van der Waals surface area contributed by atoms with Gasteiger partial charge >= 0.3 is 0 Å². The van der Waals surface area contributed by atoms with E-state index in [9.17, 15) is 8.42 Å². The van der Waals surface area contributed by atoms with E-state index < -0.39 is 16.1 Å². The molecule has 0 aromatic heterocycles. The Hall–Kier alpha value is -0.950. The number of benzene rings is 1. The SMILES string of the molecule is CNCc1ccc(S(=O)(=O)N(C)C(C)CO)cc1. The van der Waals surface area contributed by atoms with Gasteiger partial charge in [0.1, 0.15) is 0 Å². The summed E-state index contributed by atoms with van der Waals surface area (Å²) < 4.78 is 25.6. The number of aliphatic hydroxyl groups excluding tert-OH is 1. The highest BCUT2D eigenvalue weighted by Gasteiger charge is 2.24. The quantitative estimate of drug-likeness (QED) is 0.787. The van der Waals surface area contributed by atoms with Crippen molar-refractivity contribution in [3.8, 4) is 0 Å². The van der Waals surface area contributed by atoms with Crippen LogP contribution in [0.2, 0.25) is 0 Å². The van der Waals surface area contributed by atoms with E-state index in [1.54, 1.807) is 31.2 Å². The normalized spacial score (nSPS) is 13.8. The Labute approximate surface area is 108 Å². The Morgan fingerprint density at radius 1 is 1.33 bits per heavy atom. The van der Waals surface area contributed by atoms with Crippen molar-refractivity contribution >= 4 is 10.0 Å². The molecule has 1 rings (SSSR count). The molecular weight excluding hydrogens is 252 g/mol. The van der Waals surface area contributed by atoms with Crippen molar-refractivity contribution in [1.29, 1.82) is 0 Å². The van der Waals surface area contributed by atoms with Gasteiger partial charge in [-0.05, 0) is 31.7 Å². The Morgan fingerprint density at radius 3 is 2.33 bits per heavy atom. The molecule has 5 nitrogen and oxygen atoms in total. The highest BCUT2D eigenvalue weighted by atomic mass is 32.2. The van der Waals surface area contributed by atoms with Crippen molar-refractivity contribution < 1.29 is 13.5 Å². The first kappa shape index (κ1) is 15.1. The molecule has 0 amide bonds. The van der Waals surface area contributed by atoms with Crippen molar-refractivity contribution in [2.45, 2.75) is 24.4 Å². The number of sulfonamides is 1. The Balaban J connectivity index is 2.98. The van der Waals surface area contributed by atoms with Crippen LogP contribution in [-0.4, -0.2) is 44.6 Å². The zero-order valence-corrected chi connectivity index (χ0v) is 11.7. The van der Waals surface area contributed by atoms with Crippen molar-refractivity contribution in [2.75, 3.05) is 20.7 Å². The van der Waals surface area contributed by atoms with E-state index in [2.05, 4.69) is 5.32 Å². The van der Waals surface area contributed by atoms with Gasteiger partial charge in [0, 0.05) is 19.6 Å². The Kier molecular flexibility index (Phi) is 5.28. The summed E-state index contributed by atoms with van der Waals surface area (Å²) in [5.41, 5.74) is 1.02. The molecule has 0 radical (unpaired) electrons. The lowest BCUT2D eigenvalue weighted by Gasteiger charge is -2.22. The van der Waals surface area contributed by atoms with E-state index in [-0.39, 0.29) is 11.5 Å². The summed E-state index contributed by atoms with van der Waals surface area (Å²) in [5.74, 6) is 0. The van der Waals surface area contributed by atoms with Crippen molar-refractivity contribution in [2.24, 2.45) is 0 Å². The van der Waals surface area contributed by atoms with Gasteiger partial charge in [0.05, 0.1) is 11.5 Å². The monoisotopic (exact) mass is 272 g/mol. The zero-order valence-electron chi connectivity index (χ0n) is 10.9. The minimum Gasteiger partial charge on any atom is -0.395 e. The number of aliphatic hydroxyl groups is 1. The molecule has 1 aromatic rings. The number of nitrogens with one attached hydrogen (secondary N) is 1. The summed E-state index contributed by atoms with van der Waals surface area (Å²) in [4.78, 5) is 0.241. The van der Waals surface area contributed by atoms with Crippen LogP contribution in [0.15, 0.2) is 29.2 Å². The maximum absolute atomic E-state index is 12.2. The molecule has 102 valence electrons. The summed E-state index contributed by atoms with van der Waals surface area (Å²) in [7, 11) is -0.224. The molecule has 0 aliphatic rings. The highest BCUT2D eigenvalue weighted by Crippen LogP contribution is 2.17. The molecule has 2 N–H and O–H groups in total. The number of hydrogen-bond donors (Lipinski definition) is 2. The van der Waals surface area contributed by atoms with E-state index in [4.69, 9.17) is 5.11 Å². The predicted molar refractivity (Wildman–Crippen MR) is 70.7 cm³/mol. The summed E-state index contributed by atoms with van der Waals surface area (Å²) >= 11 is 0. The summed E-state index contributed by atoms with van der Waals surface area (Å²) in [6.45, 7) is 2.16. The summed E-state index contributed by atoms with van der Waals surface area (Å²) in [6.07, 6.45) is 0. The standard InChI is InChI=1S/C12H20N2O3S/c1-10(9-15)14(3)18(16,17)12-6-4-11(5-7-12)8-13-2/h4-7,10,13,15H,8-9H2,1-3H3. The van der Waals surface area contributed by atoms with E-state index in [1.807, 2.05) is 7.05 Å². The Bertz CT molecular complexity index is 471. The van der Waals surface area contributed by atoms with Gasteiger partial charge in [-0.25, -0.2) is 8.42 Å². The third kappa shape index (κ3) is 3.29. The van der Waals surface area contributed by atoms with Gasteiger partial charge in [-0.1, -0.05) is 12.1 Å². The third-order valence-electron chi connectivity index (χ3n) is 2.87. The second-order valence-corrected chi connectivity index (χ2v) is 6.22. The van der Waals surface area contributed by atoms with Crippen molar-refractivity contribution in [3.05, 3.63) is 29.8 Å². The topological polar surface area (TPSA) is 69.6 Å². The number of likely N-dealkylation sites (N-methyl/N-ethyl adjacent to an activating group) is 1. The fourth-order valence-electron chi connectivity index (χ4n) is 1.50. The first-order valence-corrected chi connectivity index (χ1v) is 7.20. The van der Waals surface area contributed by atoms with E-state index in [0.717, 1.165) is 5.56 Å². The highest BCUT2D eigenvalue weighted by molar-refractivity contribution is 7.89. The average Bonchev–Trinajstić information content (AvgIpc) is 2.38. The molecule has 0 heterocycles. The molecular formula is C12H20N2O3S. The number of hydrogen-bond acceptors (Lipinski definition) is 4. The van der Waals surface area contributed by atoms with Crippen molar-refractivity contribution in [1.82, 2.24) is 9.62 Å². The second kappa shape index (κ2) is 6.29. The maximum atomic E-state index is 12.2. The van der Waals surface area contributed by atoms with Gasteiger partial charge in [-0.2, -0.15) is 4.31 Å². The molecule has 1 atom stereocenters. The van der Waals surface area contributed by atoms with Gasteiger partial charge in [0.2, 0.25) is 10.0 Å². The van der Waals surface area contributed by atoms with Crippen LogP contribution in [0.25, 0.3) is 0 Å². The molecule has 0 bridgehead atoms. The van der Waals surface area contributed by atoms with Crippen LogP contribution in [0.3, 0.4) is 0 Å². The first-order valence-electron chi connectivity index (χ1n) is 5.76. The van der Waals surface area contributed by atoms with Crippen LogP contribution >= 0.6 is 0 Å². The lowest BCUT2D eigenvalue weighted by Crippen LogP contribution is -2.37. The molecule has 0 fully saturated rings. The average molecular weight is 272 g/mol. The van der Waals surface area contributed by atoms with Crippen LogP contribution in [0.4, 0.5) is 0 Å². The zero-order chi connectivity index (χ0) is 13.8. The van der Waals surface area contributed by atoms with E-state index >= 15 is 0 Å². The molecule has 1 aromatic carbocycles. The maximum Gasteiger partial charge on any atom is 0.243 e. The predicted octanol–water partition coefficient (Wildman–Crippen LogP) is 0.407. The molecule has 0 aliphatic carbocycles. The van der Waals surface area contributed by atoms with Crippen LogP contribution < -0.4 is 5.32 Å². The minimum absolute atomic E-state index is 0.201. The van der Waals surface area contributed by atoms with Crippen molar-refractivity contribution in [3.63, 3.8) is 0 Å². The largest absolute Gasteiger partial charge is 0.395 e. The summed E-state index contributed by atoms with van der Waals surface area (Å²) in [5, 5.41) is 12.0. The van der Waals surface area contributed by atoms with Crippen LogP contribution in [-0.2, 0) is 16.6 Å². The first-order chi connectivity index (χ1) is 8.43. The minimum atomic E-state index is -3.53. The van der Waals surface area contributed by atoms with Gasteiger partial charge in [-0.3, -0.25) is 0 Å². The third-order valence-corrected chi connectivity index (χ3v) is 4.85.